The Kier molecular flexibility index (Phi) is 17.7. The molecule has 0 aliphatic rings. The molecule has 0 aliphatic heterocycles. The van der Waals surface area contributed by atoms with Crippen LogP contribution < -0.4 is 10.6 Å². The summed E-state index contributed by atoms with van der Waals surface area (Å²) in [5.74, 6) is 2.05. The predicted molar refractivity (Wildman–Crippen MR) is 96.5 cm³/mol. The first-order chi connectivity index (χ1) is 8.24. The van der Waals surface area contributed by atoms with Crippen LogP contribution in [0.3, 0.4) is 0 Å². The second-order valence-corrected chi connectivity index (χ2v) is 5.28. The third-order valence-electron chi connectivity index (χ3n) is 2.53. The van der Waals surface area contributed by atoms with Crippen LogP contribution in [-0.2, 0) is 0 Å². The summed E-state index contributed by atoms with van der Waals surface area (Å²) in [6.45, 7) is 8.39. The van der Waals surface area contributed by atoms with E-state index in [1.807, 2.05) is 11.8 Å². The Bertz CT molecular complexity index is 201. The average Bonchev–Trinajstić information content (AvgIpc) is 2.30. The molecule has 5 heteroatoms. The second-order valence-electron chi connectivity index (χ2n) is 4.29. The summed E-state index contributed by atoms with van der Waals surface area (Å²) in [6, 6.07) is 0.508. The van der Waals surface area contributed by atoms with Gasteiger partial charge in [0, 0.05) is 18.3 Å². The van der Waals surface area contributed by atoms with Gasteiger partial charge in [-0.3, -0.25) is 4.99 Å². The van der Waals surface area contributed by atoms with Crippen LogP contribution in [0.15, 0.2) is 4.99 Å². The number of hydrogen-bond acceptors (Lipinski definition) is 2. The lowest BCUT2D eigenvalue weighted by atomic mass is 10.1. The summed E-state index contributed by atoms with van der Waals surface area (Å²) >= 11 is 1.83. The number of nitrogens with one attached hydrogen (secondary N) is 2. The number of unbranched alkanes of at least 4 members (excludes halogenated alkanes) is 2. The first-order valence-electron chi connectivity index (χ1n) is 6.78. The highest BCUT2D eigenvalue weighted by Crippen LogP contribution is 2.02. The highest BCUT2D eigenvalue weighted by Gasteiger charge is 2.04. The van der Waals surface area contributed by atoms with E-state index in [9.17, 15) is 0 Å². The molecule has 0 saturated carbocycles. The van der Waals surface area contributed by atoms with Crippen LogP contribution in [0.4, 0.5) is 0 Å². The van der Waals surface area contributed by atoms with Crippen molar-refractivity contribution in [3.8, 4) is 0 Å². The molecule has 0 spiro atoms. The maximum absolute atomic E-state index is 4.55. The molecule has 0 saturated heterocycles. The van der Waals surface area contributed by atoms with E-state index >= 15 is 0 Å². The third-order valence-corrected chi connectivity index (χ3v) is 3.12. The quantitative estimate of drug-likeness (QED) is 0.275. The molecule has 0 aromatic carbocycles. The van der Waals surface area contributed by atoms with Crippen molar-refractivity contribution in [2.45, 2.75) is 52.5 Å². The summed E-state index contributed by atoms with van der Waals surface area (Å²) in [5, 5.41) is 6.76. The molecule has 2 N–H and O–H groups in total. The minimum Gasteiger partial charge on any atom is -0.357 e. The van der Waals surface area contributed by atoms with Gasteiger partial charge in [0.2, 0.25) is 0 Å². The highest BCUT2D eigenvalue weighted by atomic mass is 127. The van der Waals surface area contributed by atoms with Gasteiger partial charge in [0.05, 0.1) is 6.54 Å². The van der Waals surface area contributed by atoms with Crippen LogP contribution in [0.5, 0.6) is 0 Å². The number of thioether (sulfide) groups is 1. The summed E-state index contributed by atoms with van der Waals surface area (Å²) in [6.07, 6.45) is 7.25. The van der Waals surface area contributed by atoms with Crippen LogP contribution in [0.1, 0.15) is 46.5 Å². The molecule has 18 heavy (non-hydrogen) atoms. The van der Waals surface area contributed by atoms with E-state index in [1.54, 1.807) is 0 Å². The van der Waals surface area contributed by atoms with E-state index in [0.29, 0.717) is 6.04 Å². The molecule has 0 fully saturated rings. The summed E-state index contributed by atoms with van der Waals surface area (Å²) < 4.78 is 0. The van der Waals surface area contributed by atoms with Crippen molar-refractivity contribution in [2.24, 2.45) is 4.99 Å². The normalized spacial score (nSPS) is 12.8. The largest absolute Gasteiger partial charge is 0.357 e. The number of nitrogens with zero attached hydrogens (tertiary/aromatic N) is 1. The summed E-state index contributed by atoms with van der Waals surface area (Å²) in [5.41, 5.74) is 0. The van der Waals surface area contributed by atoms with E-state index in [-0.39, 0.29) is 24.0 Å². The van der Waals surface area contributed by atoms with Crippen molar-refractivity contribution in [1.82, 2.24) is 10.6 Å². The van der Waals surface area contributed by atoms with Crippen molar-refractivity contribution in [3.63, 3.8) is 0 Å². The molecule has 0 heterocycles. The Morgan fingerprint density at radius 2 is 2.00 bits per heavy atom. The van der Waals surface area contributed by atoms with Crippen molar-refractivity contribution in [2.75, 3.05) is 25.1 Å². The SMILES string of the molecule is CCCCCC(C)NC(=NCCSC)NCC.I. The van der Waals surface area contributed by atoms with Gasteiger partial charge < -0.3 is 10.6 Å². The highest BCUT2D eigenvalue weighted by molar-refractivity contribution is 14.0. The molecule has 0 bridgehead atoms. The first-order valence-corrected chi connectivity index (χ1v) is 8.17. The Labute approximate surface area is 134 Å². The topological polar surface area (TPSA) is 36.4 Å². The lowest BCUT2D eigenvalue weighted by Gasteiger charge is -2.17. The number of hydrogen-bond donors (Lipinski definition) is 2. The molecular formula is C13H30IN3S. The number of aliphatic imine (C=N–C) groups is 1. The maximum atomic E-state index is 4.55. The molecule has 0 rings (SSSR count). The van der Waals surface area contributed by atoms with E-state index in [2.05, 4.69) is 42.7 Å². The molecule has 0 aliphatic carbocycles. The molecule has 0 aromatic heterocycles. The van der Waals surface area contributed by atoms with E-state index in [1.165, 1.54) is 25.7 Å². The number of rotatable bonds is 9. The lowest BCUT2D eigenvalue weighted by molar-refractivity contribution is 0.547. The summed E-state index contributed by atoms with van der Waals surface area (Å²) in [4.78, 5) is 4.55. The van der Waals surface area contributed by atoms with Crippen LogP contribution in [0.2, 0.25) is 0 Å². The number of halogens is 1. The molecule has 0 radical (unpaired) electrons. The molecule has 0 aromatic rings. The van der Waals surface area contributed by atoms with Gasteiger partial charge >= 0.3 is 0 Å². The Hall–Kier alpha value is 0.350. The number of guanidine groups is 1. The van der Waals surface area contributed by atoms with Crippen molar-refractivity contribution < 1.29 is 0 Å². The molecule has 110 valence electrons. The van der Waals surface area contributed by atoms with Gasteiger partial charge in [-0.2, -0.15) is 11.8 Å². The molecule has 1 unspecified atom stereocenters. The van der Waals surface area contributed by atoms with Gasteiger partial charge in [-0.05, 0) is 26.5 Å². The Balaban J connectivity index is 0. The zero-order valence-corrected chi connectivity index (χ0v) is 15.4. The summed E-state index contributed by atoms with van der Waals surface area (Å²) in [7, 11) is 0. The molecule has 1 atom stereocenters. The van der Waals surface area contributed by atoms with E-state index in [4.69, 9.17) is 0 Å². The van der Waals surface area contributed by atoms with Crippen LogP contribution in [0.25, 0.3) is 0 Å². The standard InChI is InChI=1S/C13H29N3S.HI/c1-5-7-8-9-12(3)16-13(14-6-2)15-10-11-17-4;/h12H,5-11H2,1-4H3,(H2,14,15,16);1H. The minimum atomic E-state index is 0. The minimum absolute atomic E-state index is 0. The molecule has 3 nitrogen and oxygen atoms in total. The van der Waals surface area contributed by atoms with Gasteiger partial charge in [0.25, 0.3) is 0 Å². The van der Waals surface area contributed by atoms with Crippen molar-refractivity contribution in [3.05, 3.63) is 0 Å². The van der Waals surface area contributed by atoms with Gasteiger partial charge in [-0.15, -0.1) is 24.0 Å². The molecule has 0 amide bonds. The van der Waals surface area contributed by atoms with Gasteiger partial charge in [0.15, 0.2) is 5.96 Å². The van der Waals surface area contributed by atoms with E-state index in [0.717, 1.165) is 24.8 Å². The Morgan fingerprint density at radius 1 is 1.28 bits per heavy atom. The third kappa shape index (κ3) is 12.8. The van der Waals surface area contributed by atoms with Gasteiger partial charge in [-0.1, -0.05) is 26.2 Å². The van der Waals surface area contributed by atoms with Crippen molar-refractivity contribution in [1.29, 1.82) is 0 Å². The monoisotopic (exact) mass is 387 g/mol. The maximum Gasteiger partial charge on any atom is 0.191 e. The zero-order valence-electron chi connectivity index (χ0n) is 12.3. The average molecular weight is 387 g/mol. The fourth-order valence-electron chi connectivity index (χ4n) is 1.57. The zero-order chi connectivity index (χ0) is 12.9. The Morgan fingerprint density at radius 3 is 2.56 bits per heavy atom. The van der Waals surface area contributed by atoms with Crippen LogP contribution >= 0.6 is 35.7 Å². The van der Waals surface area contributed by atoms with Crippen LogP contribution in [-0.4, -0.2) is 37.1 Å². The fourth-order valence-corrected chi connectivity index (χ4v) is 1.85. The van der Waals surface area contributed by atoms with Crippen molar-refractivity contribution >= 4 is 41.7 Å². The lowest BCUT2D eigenvalue weighted by Crippen LogP contribution is -2.42. The van der Waals surface area contributed by atoms with Crippen LogP contribution in [0, 0.1) is 0 Å². The second kappa shape index (κ2) is 15.4. The predicted octanol–water partition coefficient (Wildman–Crippen LogP) is 3.49. The van der Waals surface area contributed by atoms with E-state index < -0.39 is 0 Å². The first kappa shape index (κ1) is 20.7. The fraction of sp³-hybridized carbons (Fsp3) is 0.923. The smallest absolute Gasteiger partial charge is 0.191 e. The van der Waals surface area contributed by atoms with Gasteiger partial charge in [0.1, 0.15) is 0 Å². The van der Waals surface area contributed by atoms with Gasteiger partial charge in [-0.25, -0.2) is 0 Å². The molecular weight excluding hydrogens is 357 g/mol.